The van der Waals surface area contributed by atoms with Crippen LogP contribution in [0.25, 0.3) is 0 Å². The van der Waals surface area contributed by atoms with E-state index in [0.29, 0.717) is 18.7 Å². The first-order valence-corrected chi connectivity index (χ1v) is 7.69. The summed E-state index contributed by atoms with van der Waals surface area (Å²) in [4.78, 5) is 26.2. The molecule has 21 heavy (non-hydrogen) atoms. The van der Waals surface area contributed by atoms with Crippen molar-refractivity contribution in [3.8, 4) is 0 Å². The van der Waals surface area contributed by atoms with Gasteiger partial charge in [0.1, 0.15) is 0 Å². The summed E-state index contributed by atoms with van der Waals surface area (Å²) in [5, 5.41) is 0. The molecule has 116 valence electrons. The largest absolute Gasteiger partial charge is 0.375 e. The molecule has 1 aromatic heterocycles. The first-order valence-electron chi connectivity index (χ1n) is 7.69. The van der Waals surface area contributed by atoms with Gasteiger partial charge in [-0.1, -0.05) is 12.8 Å². The standard InChI is InChI=1S/C15H23N3O3/c1-16-11(9-14(19)17(2)15(16)20)10-18-7-8-21-13-6-4-3-5-12(13)18/h9,12-13H,3-8,10H2,1-2H3/t12-,13-/m0/s1. The second-order valence-electron chi connectivity index (χ2n) is 6.11. The number of morpholine rings is 1. The summed E-state index contributed by atoms with van der Waals surface area (Å²) < 4.78 is 8.59. The van der Waals surface area contributed by atoms with E-state index in [0.717, 1.165) is 36.3 Å². The molecule has 1 saturated carbocycles. The minimum absolute atomic E-state index is 0.235. The molecule has 6 nitrogen and oxygen atoms in total. The van der Waals surface area contributed by atoms with Crippen LogP contribution in [0.5, 0.6) is 0 Å². The van der Waals surface area contributed by atoms with Crippen molar-refractivity contribution in [2.45, 2.75) is 44.4 Å². The molecule has 2 heterocycles. The molecule has 0 aromatic carbocycles. The van der Waals surface area contributed by atoms with E-state index in [2.05, 4.69) is 4.90 Å². The molecule has 0 spiro atoms. The number of rotatable bonds is 2. The van der Waals surface area contributed by atoms with Crippen LogP contribution in [0.15, 0.2) is 15.7 Å². The third-order valence-electron chi connectivity index (χ3n) is 4.84. The average molecular weight is 293 g/mol. The molecule has 1 aliphatic heterocycles. The van der Waals surface area contributed by atoms with Gasteiger partial charge in [0.2, 0.25) is 0 Å². The predicted octanol–water partition coefficient (Wildman–Crippen LogP) is 0.227. The minimum Gasteiger partial charge on any atom is -0.375 e. The monoisotopic (exact) mass is 293 g/mol. The molecule has 2 atom stereocenters. The van der Waals surface area contributed by atoms with E-state index in [4.69, 9.17) is 4.74 Å². The van der Waals surface area contributed by atoms with Crippen molar-refractivity contribution in [3.05, 3.63) is 32.6 Å². The van der Waals surface area contributed by atoms with Crippen LogP contribution in [-0.2, 0) is 25.4 Å². The number of aromatic nitrogens is 2. The van der Waals surface area contributed by atoms with Crippen molar-refractivity contribution in [3.63, 3.8) is 0 Å². The number of hydrogen-bond donors (Lipinski definition) is 0. The quantitative estimate of drug-likeness (QED) is 0.783. The van der Waals surface area contributed by atoms with Gasteiger partial charge in [0.25, 0.3) is 5.56 Å². The zero-order chi connectivity index (χ0) is 15.0. The number of ether oxygens (including phenoxy) is 1. The Bertz CT molecular complexity index is 632. The second kappa shape index (κ2) is 5.77. The molecule has 2 aliphatic rings. The summed E-state index contributed by atoms with van der Waals surface area (Å²) in [6.07, 6.45) is 5.05. The Morgan fingerprint density at radius 2 is 1.95 bits per heavy atom. The van der Waals surface area contributed by atoms with E-state index >= 15 is 0 Å². The zero-order valence-corrected chi connectivity index (χ0v) is 12.7. The fourth-order valence-corrected chi connectivity index (χ4v) is 3.51. The van der Waals surface area contributed by atoms with E-state index in [9.17, 15) is 9.59 Å². The fourth-order valence-electron chi connectivity index (χ4n) is 3.51. The van der Waals surface area contributed by atoms with E-state index < -0.39 is 0 Å². The zero-order valence-electron chi connectivity index (χ0n) is 12.7. The summed E-state index contributed by atoms with van der Waals surface area (Å²) in [6, 6.07) is 2.00. The molecular formula is C15H23N3O3. The van der Waals surface area contributed by atoms with Gasteiger partial charge in [-0.3, -0.25) is 18.8 Å². The number of hydrogen-bond acceptors (Lipinski definition) is 4. The van der Waals surface area contributed by atoms with Gasteiger partial charge in [0.15, 0.2) is 0 Å². The lowest BCUT2D eigenvalue weighted by Gasteiger charge is -2.43. The van der Waals surface area contributed by atoms with Gasteiger partial charge in [-0.05, 0) is 12.8 Å². The average Bonchev–Trinajstić information content (AvgIpc) is 2.51. The molecular weight excluding hydrogens is 270 g/mol. The van der Waals surface area contributed by atoms with Crippen molar-refractivity contribution in [1.29, 1.82) is 0 Å². The van der Waals surface area contributed by atoms with Crippen LogP contribution in [0.2, 0.25) is 0 Å². The van der Waals surface area contributed by atoms with Crippen LogP contribution < -0.4 is 11.2 Å². The second-order valence-corrected chi connectivity index (χ2v) is 6.11. The Balaban J connectivity index is 1.86. The normalized spacial score (nSPS) is 26.6. The van der Waals surface area contributed by atoms with Crippen molar-refractivity contribution in [1.82, 2.24) is 14.0 Å². The lowest BCUT2D eigenvalue weighted by molar-refractivity contribution is -0.0917. The van der Waals surface area contributed by atoms with Crippen LogP contribution >= 0.6 is 0 Å². The summed E-state index contributed by atoms with van der Waals surface area (Å²) in [6.45, 7) is 2.25. The Morgan fingerprint density at radius 1 is 1.19 bits per heavy atom. The summed E-state index contributed by atoms with van der Waals surface area (Å²) in [5.41, 5.74) is 0.293. The van der Waals surface area contributed by atoms with E-state index in [1.807, 2.05) is 0 Å². The van der Waals surface area contributed by atoms with Gasteiger partial charge in [-0.25, -0.2) is 4.79 Å². The summed E-state index contributed by atoms with van der Waals surface area (Å²) in [7, 11) is 3.25. The van der Waals surface area contributed by atoms with Crippen molar-refractivity contribution < 1.29 is 4.74 Å². The first kappa shape index (κ1) is 14.5. The third-order valence-corrected chi connectivity index (χ3v) is 4.84. The van der Waals surface area contributed by atoms with Gasteiger partial charge in [-0.2, -0.15) is 0 Å². The molecule has 0 N–H and O–H groups in total. The van der Waals surface area contributed by atoms with Gasteiger partial charge in [0, 0.05) is 45.0 Å². The van der Waals surface area contributed by atoms with Gasteiger partial charge < -0.3 is 4.74 Å². The Labute approximate surface area is 123 Å². The summed E-state index contributed by atoms with van der Waals surface area (Å²) in [5.74, 6) is 0. The molecule has 1 aliphatic carbocycles. The van der Waals surface area contributed by atoms with E-state index in [-0.39, 0.29) is 11.2 Å². The summed E-state index contributed by atoms with van der Waals surface area (Å²) >= 11 is 0. The highest BCUT2D eigenvalue weighted by atomic mass is 16.5. The van der Waals surface area contributed by atoms with Crippen LogP contribution in [0.3, 0.4) is 0 Å². The Morgan fingerprint density at radius 3 is 2.76 bits per heavy atom. The highest BCUT2D eigenvalue weighted by molar-refractivity contribution is 5.03. The van der Waals surface area contributed by atoms with Crippen LogP contribution in [0.1, 0.15) is 31.4 Å². The number of fused-ring (bicyclic) bond motifs is 1. The first-order chi connectivity index (χ1) is 10.1. The Kier molecular flexibility index (Phi) is 3.99. The fraction of sp³-hybridized carbons (Fsp3) is 0.733. The highest BCUT2D eigenvalue weighted by Gasteiger charge is 2.34. The topological polar surface area (TPSA) is 56.5 Å². The number of nitrogens with zero attached hydrogens (tertiary/aromatic N) is 3. The van der Waals surface area contributed by atoms with Gasteiger partial charge >= 0.3 is 5.69 Å². The lowest BCUT2D eigenvalue weighted by atomic mass is 9.90. The van der Waals surface area contributed by atoms with E-state index in [1.54, 1.807) is 17.7 Å². The van der Waals surface area contributed by atoms with Crippen molar-refractivity contribution >= 4 is 0 Å². The molecule has 1 saturated heterocycles. The van der Waals surface area contributed by atoms with Gasteiger partial charge in [0.05, 0.1) is 12.7 Å². The van der Waals surface area contributed by atoms with Crippen LogP contribution in [0, 0.1) is 0 Å². The van der Waals surface area contributed by atoms with Crippen LogP contribution in [0.4, 0.5) is 0 Å². The molecule has 1 aromatic rings. The van der Waals surface area contributed by atoms with Crippen molar-refractivity contribution in [2.24, 2.45) is 14.1 Å². The maximum absolute atomic E-state index is 12.0. The maximum atomic E-state index is 12.0. The molecule has 0 unspecified atom stereocenters. The highest BCUT2D eigenvalue weighted by Crippen LogP contribution is 2.29. The predicted molar refractivity (Wildman–Crippen MR) is 79.3 cm³/mol. The van der Waals surface area contributed by atoms with Crippen LogP contribution in [-0.4, -0.2) is 39.3 Å². The third kappa shape index (κ3) is 2.70. The molecule has 3 rings (SSSR count). The molecule has 6 heteroatoms. The molecule has 2 fully saturated rings. The molecule has 0 bridgehead atoms. The lowest BCUT2D eigenvalue weighted by Crippen LogP contribution is -2.52. The Hall–Kier alpha value is -1.40. The smallest absolute Gasteiger partial charge is 0.330 e. The van der Waals surface area contributed by atoms with Crippen molar-refractivity contribution in [2.75, 3.05) is 13.2 Å². The van der Waals surface area contributed by atoms with E-state index in [1.165, 1.54) is 19.9 Å². The minimum atomic E-state index is -0.258. The molecule has 0 amide bonds. The van der Waals surface area contributed by atoms with Gasteiger partial charge in [-0.15, -0.1) is 0 Å². The maximum Gasteiger partial charge on any atom is 0.330 e. The molecule has 0 radical (unpaired) electrons. The SMILES string of the molecule is Cn1c(CN2CCO[C@H]3CCCC[C@@H]32)cc(=O)n(C)c1=O.